The number of ether oxygens (including phenoxy) is 4. The third-order valence-corrected chi connectivity index (χ3v) is 12.7. The van der Waals surface area contributed by atoms with E-state index in [0.717, 1.165) is 60.1 Å². The molecule has 12 nitrogen and oxygen atoms in total. The van der Waals surface area contributed by atoms with E-state index in [4.69, 9.17) is 28.9 Å². The number of carbonyl (C=O) groups excluding carboxylic acids is 4. The zero-order valence-corrected chi connectivity index (χ0v) is 41.8. The van der Waals surface area contributed by atoms with E-state index >= 15 is 0 Å². The highest BCUT2D eigenvalue weighted by Gasteiger charge is 2.30. The van der Waals surface area contributed by atoms with Gasteiger partial charge in [-0.1, -0.05) is 36.4 Å². The summed E-state index contributed by atoms with van der Waals surface area (Å²) in [6.07, 6.45) is 7.68. The Kier molecular flexibility index (Phi) is 16.8. The second kappa shape index (κ2) is 23.3. The van der Waals surface area contributed by atoms with Crippen LogP contribution in [0.15, 0.2) is 129 Å². The maximum atomic E-state index is 14.9. The maximum Gasteiger partial charge on any atom is 0.344 e. The molecule has 0 atom stereocenters. The van der Waals surface area contributed by atoms with Gasteiger partial charge in [-0.3, -0.25) is 9.59 Å². The molecule has 0 fully saturated rings. The fraction of sp³-hybridized carbons (Fsp3) is 0.345. The number of carbonyl (C=O) groups is 4. The number of allylic oxidation sites excluding steroid dienone is 8. The predicted octanol–water partition coefficient (Wildman–Crippen LogP) is 10.4. The van der Waals surface area contributed by atoms with Gasteiger partial charge in [0, 0.05) is 85.5 Å². The van der Waals surface area contributed by atoms with Crippen molar-refractivity contribution in [2.24, 2.45) is 9.98 Å². The van der Waals surface area contributed by atoms with Crippen LogP contribution in [0, 0.1) is 13.8 Å². The number of esters is 2. The monoisotopic (exact) mass is 944 g/mol. The molecule has 0 saturated heterocycles. The number of aliphatic imine (C=N–C) groups is 2. The van der Waals surface area contributed by atoms with E-state index in [0.29, 0.717) is 67.5 Å². The summed E-state index contributed by atoms with van der Waals surface area (Å²) in [5.41, 5.74) is 11.2. The van der Waals surface area contributed by atoms with E-state index in [2.05, 4.69) is 61.8 Å². The van der Waals surface area contributed by atoms with Crippen molar-refractivity contribution in [3.8, 4) is 11.5 Å². The molecule has 4 aromatic rings. The first kappa shape index (κ1) is 50.5. The molecule has 0 aromatic heterocycles. The Balaban J connectivity index is 1.43. The van der Waals surface area contributed by atoms with Gasteiger partial charge >= 0.3 is 11.9 Å². The van der Waals surface area contributed by atoms with E-state index in [9.17, 15) is 19.2 Å². The lowest BCUT2D eigenvalue weighted by molar-refractivity contribution is -0.146. The van der Waals surface area contributed by atoms with Crippen LogP contribution >= 0.6 is 0 Å². The van der Waals surface area contributed by atoms with Crippen LogP contribution in [0.1, 0.15) is 81.3 Å². The Morgan fingerprint density at radius 1 is 0.500 bits per heavy atom. The quantitative estimate of drug-likeness (QED) is 0.0789. The van der Waals surface area contributed by atoms with Gasteiger partial charge in [0.2, 0.25) is 0 Å². The average molecular weight is 945 g/mol. The number of anilines is 2. The molecule has 0 saturated carbocycles. The third-order valence-electron chi connectivity index (χ3n) is 12.7. The van der Waals surface area contributed by atoms with Crippen LogP contribution in [0.25, 0.3) is 0 Å². The molecule has 0 heterocycles. The van der Waals surface area contributed by atoms with Crippen molar-refractivity contribution in [3.05, 3.63) is 153 Å². The van der Waals surface area contributed by atoms with Gasteiger partial charge in [0.15, 0.2) is 24.8 Å². The molecule has 0 radical (unpaired) electrons. The molecule has 70 heavy (non-hydrogen) atoms. The van der Waals surface area contributed by atoms with Gasteiger partial charge in [-0.25, -0.2) is 19.6 Å². The Labute approximate surface area is 412 Å². The molecule has 12 heteroatoms. The Morgan fingerprint density at radius 3 is 1.20 bits per heavy atom. The molecule has 364 valence electrons. The highest BCUT2D eigenvalue weighted by molar-refractivity contribution is 6.26. The highest BCUT2D eigenvalue weighted by Crippen LogP contribution is 2.38. The minimum absolute atomic E-state index is 0.00264. The Bertz CT molecular complexity index is 2670. The average Bonchev–Trinajstić information content (AvgIpc) is 3.33. The number of fused-ring (bicyclic) bond motifs is 8. The summed E-state index contributed by atoms with van der Waals surface area (Å²) in [6, 6.07) is 23.7. The molecule has 3 aliphatic carbocycles. The number of nitrogens with zero attached hydrogens (tertiary/aromatic N) is 4. The molecule has 4 aromatic carbocycles. The molecule has 0 aliphatic heterocycles. The number of hydrogen-bond donors (Lipinski definition) is 0. The second-order valence-electron chi connectivity index (χ2n) is 17.4. The maximum absolute atomic E-state index is 14.9. The van der Waals surface area contributed by atoms with Gasteiger partial charge in [0.1, 0.15) is 11.5 Å². The van der Waals surface area contributed by atoms with Gasteiger partial charge in [0.25, 0.3) is 0 Å². The minimum atomic E-state index is -0.534. The number of para-hydroxylation sites is 2. The molecule has 3 aliphatic rings. The first-order valence-electron chi connectivity index (χ1n) is 24.4. The van der Waals surface area contributed by atoms with Gasteiger partial charge < -0.3 is 28.7 Å². The smallest absolute Gasteiger partial charge is 0.344 e. The van der Waals surface area contributed by atoms with E-state index in [1.807, 2.05) is 62.4 Å². The molecular weight excluding hydrogens is 881 g/mol. The zero-order chi connectivity index (χ0) is 49.9. The van der Waals surface area contributed by atoms with E-state index in [1.165, 1.54) is 0 Å². The third kappa shape index (κ3) is 11.9. The first-order valence-corrected chi connectivity index (χ1v) is 24.4. The number of ketones is 2. The largest absolute Gasteiger partial charge is 0.481 e. The number of rotatable bonds is 16. The van der Waals surface area contributed by atoms with Crippen molar-refractivity contribution in [1.82, 2.24) is 0 Å². The van der Waals surface area contributed by atoms with Crippen LogP contribution < -0.4 is 19.3 Å². The second-order valence-corrected chi connectivity index (χ2v) is 17.4. The number of aryl methyl sites for hydroxylation is 2. The Morgan fingerprint density at radius 2 is 0.857 bits per heavy atom. The predicted molar refractivity (Wildman–Crippen MR) is 278 cm³/mol. The first-order chi connectivity index (χ1) is 33.9. The molecule has 8 bridgehead atoms. The number of hydrogen-bond acceptors (Lipinski definition) is 12. The van der Waals surface area contributed by atoms with Crippen LogP contribution in [-0.4, -0.2) is 87.5 Å². The summed E-state index contributed by atoms with van der Waals surface area (Å²) in [5.74, 6) is -0.676. The number of benzene rings is 4. The van der Waals surface area contributed by atoms with Crippen molar-refractivity contribution in [1.29, 1.82) is 0 Å². The molecule has 0 spiro atoms. The summed E-state index contributed by atoms with van der Waals surface area (Å²) < 4.78 is 23.2. The van der Waals surface area contributed by atoms with Crippen LogP contribution in [0.4, 0.5) is 22.7 Å². The van der Waals surface area contributed by atoms with Crippen LogP contribution in [0.5, 0.6) is 11.5 Å². The van der Waals surface area contributed by atoms with Gasteiger partial charge in [0.05, 0.1) is 36.0 Å². The summed E-state index contributed by atoms with van der Waals surface area (Å²) in [7, 11) is 0. The highest BCUT2D eigenvalue weighted by atomic mass is 16.6. The van der Waals surface area contributed by atoms with E-state index in [-0.39, 0.29) is 63.7 Å². The van der Waals surface area contributed by atoms with Crippen molar-refractivity contribution in [3.63, 3.8) is 0 Å². The summed E-state index contributed by atoms with van der Waals surface area (Å²) in [5, 5.41) is 0. The topological polar surface area (TPSA) is 136 Å². The molecule has 0 unspecified atom stereocenters. The minimum Gasteiger partial charge on any atom is -0.481 e. The van der Waals surface area contributed by atoms with Crippen molar-refractivity contribution in [2.45, 2.75) is 81.1 Å². The standard InChI is InChI=1S/C58H64N4O8/c1-9-61(10-2)49-21-23-51(37(7)25-49)59-47-31-43-28-41-19-15-17-39(57(41)69-35-53(63)67-13-5)27-40-18-16-20-42(58(40)70-36-54(64)68-14-6)29-44-32-48(34-46(56(44)66)30-45(33-47)55(43)65)60-52-24-22-50(26-38(52)8)62(11-3)12-4/h15-26,31-34H,9-14,27-30,35-36H2,1-8H3. The summed E-state index contributed by atoms with van der Waals surface area (Å²) in [4.78, 5) is 70.3. The van der Waals surface area contributed by atoms with Gasteiger partial charge in [-0.2, -0.15) is 0 Å². The number of Topliss-reactive ketones (excluding diaryl/α,β-unsaturated/α-hetero) is 2. The summed E-state index contributed by atoms with van der Waals surface area (Å²) >= 11 is 0. The normalized spacial score (nSPS) is 15.7. The van der Waals surface area contributed by atoms with E-state index < -0.39 is 11.9 Å². The summed E-state index contributed by atoms with van der Waals surface area (Å²) in [6.45, 7) is 19.2. The van der Waals surface area contributed by atoms with Crippen molar-refractivity contribution < 1.29 is 38.1 Å². The van der Waals surface area contributed by atoms with Crippen LogP contribution in [-0.2, 0) is 47.9 Å². The van der Waals surface area contributed by atoms with Crippen LogP contribution in [0.2, 0.25) is 0 Å². The molecule has 0 N–H and O–H groups in total. The fourth-order valence-electron chi connectivity index (χ4n) is 9.20. The van der Waals surface area contributed by atoms with E-state index in [1.54, 1.807) is 38.2 Å². The molecule has 0 amide bonds. The molecular formula is C58H64N4O8. The lowest BCUT2D eigenvalue weighted by atomic mass is 9.82. The lowest BCUT2D eigenvalue weighted by Crippen LogP contribution is -2.22. The fourth-order valence-corrected chi connectivity index (χ4v) is 9.20. The van der Waals surface area contributed by atoms with Crippen molar-refractivity contribution in [2.75, 3.05) is 62.4 Å². The van der Waals surface area contributed by atoms with Crippen molar-refractivity contribution >= 4 is 57.7 Å². The Hall–Kier alpha value is -7.34. The SMILES string of the molecule is CCOC(=O)COc1c2cccc1Cc1cccc(c1OCC(=O)OCC)CC1=CC(=Nc3ccc(N(CC)CC)cc3C)C=C(CC3=CC(=Nc4ccc(N(CC)CC)cc4C)C=C(C2)C3=O)C1=O. The molecule has 7 rings (SSSR count). The zero-order valence-electron chi connectivity index (χ0n) is 41.8. The van der Waals surface area contributed by atoms with Gasteiger partial charge in [-0.05, 0) is 149 Å². The lowest BCUT2D eigenvalue weighted by Gasteiger charge is -2.23. The van der Waals surface area contributed by atoms with Gasteiger partial charge in [-0.15, -0.1) is 0 Å². The van der Waals surface area contributed by atoms with Crippen LogP contribution in [0.3, 0.4) is 0 Å².